The molecule has 0 saturated heterocycles. The van der Waals surface area contributed by atoms with Gasteiger partial charge in [0, 0.05) is 17.0 Å². The zero-order chi connectivity index (χ0) is 16.0. The Bertz CT molecular complexity index is 1070. The fraction of sp³-hybridized carbons (Fsp3) is 0. The van der Waals surface area contributed by atoms with E-state index in [-0.39, 0.29) is 10.6 Å². The van der Waals surface area contributed by atoms with E-state index in [0.717, 1.165) is 5.39 Å². The molecule has 4 aromatic rings. The van der Waals surface area contributed by atoms with Gasteiger partial charge in [0.15, 0.2) is 11.5 Å². The molecular weight excluding hydrogens is 316 g/mol. The average molecular weight is 325 g/mol. The Labute approximate surface area is 135 Å². The van der Waals surface area contributed by atoms with Gasteiger partial charge in [0.25, 0.3) is 0 Å². The molecule has 0 bridgehead atoms. The van der Waals surface area contributed by atoms with Gasteiger partial charge in [0.05, 0.1) is 22.3 Å². The highest BCUT2D eigenvalue weighted by molar-refractivity contribution is 6.34. The minimum atomic E-state index is -1.07. The van der Waals surface area contributed by atoms with Crippen LogP contribution in [0.5, 0.6) is 0 Å². The molecular formula is C16H9ClN4O2. The molecule has 3 heterocycles. The highest BCUT2D eigenvalue weighted by Crippen LogP contribution is 2.26. The molecule has 6 nitrogen and oxygen atoms in total. The lowest BCUT2D eigenvalue weighted by molar-refractivity contribution is 0.0697. The number of pyridine rings is 2. The van der Waals surface area contributed by atoms with Crippen molar-refractivity contribution >= 4 is 39.5 Å². The molecule has 0 radical (unpaired) electrons. The fourth-order valence-corrected chi connectivity index (χ4v) is 2.69. The van der Waals surface area contributed by atoms with Crippen LogP contribution in [0.1, 0.15) is 10.4 Å². The van der Waals surface area contributed by atoms with Crippen molar-refractivity contribution in [3.05, 3.63) is 59.4 Å². The van der Waals surface area contributed by atoms with Crippen LogP contribution in [0.2, 0.25) is 5.02 Å². The van der Waals surface area contributed by atoms with Crippen molar-refractivity contribution in [2.75, 3.05) is 0 Å². The number of fused-ring (bicyclic) bond motifs is 2. The van der Waals surface area contributed by atoms with E-state index < -0.39 is 5.97 Å². The van der Waals surface area contributed by atoms with Crippen LogP contribution < -0.4 is 0 Å². The van der Waals surface area contributed by atoms with Gasteiger partial charge < -0.3 is 5.11 Å². The second-order valence-electron chi connectivity index (χ2n) is 4.97. The second-order valence-corrected chi connectivity index (χ2v) is 5.38. The molecule has 3 aromatic heterocycles. The Morgan fingerprint density at radius 3 is 2.87 bits per heavy atom. The van der Waals surface area contributed by atoms with Gasteiger partial charge in [-0.2, -0.15) is 5.10 Å². The first-order valence-corrected chi connectivity index (χ1v) is 7.14. The van der Waals surface area contributed by atoms with Gasteiger partial charge in [-0.05, 0) is 36.4 Å². The monoisotopic (exact) mass is 324 g/mol. The number of halogens is 1. The predicted octanol–water partition coefficient (Wildman–Crippen LogP) is 3.32. The normalized spacial score (nSPS) is 11.2. The third-order valence-corrected chi connectivity index (χ3v) is 3.87. The average Bonchev–Trinajstić information content (AvgIpc) is 2.96. The minimum Gasteiger partial charge on any atom is -0.478 e. The molecule has 112 valence electrons. The number of aromatic carboxylic acids is 1. The zero-order valence-electron chi connectivity index (χ0n) is 11.6. The number of carbonyl (C=O) groups is 1. The first-order valence-electron chi connectivity index (χ1n) is 6.76. The third kappa shape index (κ3) is 2.20. The predicted molar refractivity (Wildman–Crippen MR) is 86.1 cm³/mol. The highest BCUT2D eigenvalue weighted by Gasteiger charge is 2.14. The SMILES string of the molecule is O=C(O)c1cc2cnn(-c3ccc4cccnc4n3)c2cc1Cl. The summed E-state index contributed by atoms with van der Waals surface area (Å²) in [4.78, 5) is 19.9. The molecule has 0 aliphatic heterocycles. The number of aromatic nitrogens is 4. The number of hydrogen-bond donors (Lipinski definition) is 1. The van der Waals surface area contributed by atoms with E-state index in [1.165, 1.54) is 6.07 Å². The summed E-state index contributed by atoms with van der Waals surface area (Å²) < 4.78 is 1.61. The molecule has 23 heavy (non-hydrogen) atoms. The molecule has 4 rings (SSSR count). The van der Waals surface area contributed by atoms with Crippen LogP contribution in [-0.4, -0.2) is 30.8 Å². The maximum Gasteiger partial charge on any atom is 0.337 e. The third-order valence-electron chi connectivity index (χ3n) is 3.55. The smallest absolute Gasteiger partial charge is 0.337 e. The van der Waals surface area contributed by atoms with E-state index in [9.17, 15) is 4.79 Å². The number of carboxylic acid groups (broad SMARTS) is 1. The van der Waals surface area contributed by atoms with Gasteiger partial charge in [0.2, 0.25) is 0 Å². The topological polar surface area (TPSA) is 80.9 Å². The molecule has 0 amide bonds. The van der Waals surface area contributed by atoms with Gasteiger partial charge in [-0.3, -0.25) is 0 Å². The maximum atomic E-state index is 11.2. The molecule has 0 saturated carbocycles. The fourth-order valence-electron chi connectivity index (χ4n) is 2.46. The van der Waals surface area contributed by atoms with Crippen LogP contribution in [0, 0.1) is 0 Å². The van der Waals surface area contributed by atoms with E-state index in [1.54, 1.807) is 23.1 Å². The van der Waals surface area contributed by atoms with Crippen molar-refractivity contribution in [3.8, 4) is 5.82 Å². The lowest BCUT2D eigenvalue weighted by Crippen LogP contribution is -2.01. The van der Waals surface area contributed by atoms with Gasteiger partial charge >= 0.3 is 5.97 Å². The summed E-state index contributed by atoms with van der Waals surface area (Å²) in [6, 6.07) is 10.6. The summed E-state index contributed by atoms with van der Waals surface area (Å²) in [6.07, 6.45) is 3.26. The molecule has 0 aliphatic carbocycles. The van der Waals surface area contributed by atoms with Crippen molar-refractivity contribution in [1.29, 1.82) is 0 Å². The molecule has 0 atom stereocenters. The summed E-state index contributed by atoms with van der Waals surface area (Å²) >= 11 is 6.05. The zero-order valence-corrected chi connectivity index (χ0v) is 12.4. The molecule has 0 fully saturated rings. The van der Waals surface area contributed by atoms with E-state index in [4.69, 9.17) is 16.7 Å². The highest BCUT2D eigenvalue weighted by atomic mass is 35.5. The molecule has 1 aromatic carbocycles. The number of rotatable bonds is 2. The maximum absolute atomic E-state index is 11.2. The van der Waals surface area contributed by atoms with Crippen LogP contribution in [0.4, 0.5) is 0 Å². The van der Waals surface area contributed by atoms with Gasteiger partial charge in [-0.1, -0.05) is 11.6 Å². The van der Waals surface area contributed by atoms with E-state index in [0.29, 0.717) is 22.4 Å². The van der Waals surface area contributed by atoms with E-state index >= 15 is 0 Å². The molecule has 0 unspecified atom stereocenters. The molecule has 0 aliphatic rings. The van der Waals surface area contributed by atoms with E-state index in [1.807, 2.05) is 24.3 Å². The summed E-state index contributed by atoms with van der Waals surface area (Å²) in [5.74, 6) is -0.483. The second kappa shape index (κ2) is 5.03. The summed E-state index contributed by atoms with van der Waals surface area (Å²) in [5.41, 5.74) is 1.34. The van der Waals surface area contributed by atoms with Crippen molar-refractivity contribution in [1.82, 2.24) is 19.7 Å². The van der Waals surface area contributed by atoms with Gasteiger partial charge in [-0.25, -0.2) is 19.4 Å². The van der Waals surface area contributed by atoms with Crippen molar-refractivity contribution in [2.24, 2.45) is 0 Å². The summed E-state index contributed by atoms with van der Waals surface area (Å²) in [7, 11) is 0. The van der Waals surface area contributed by atoms with Crippen LogP contribution >= 0.6 is 11.6 Å². The summed E-state index contributed by atoms with van der Waals surface area (Å²) in [6.45, 7) is 0. The van der Waals surface area contributed by atoms with Crippen molar-refractivity contribution in [3.63, 3.8) is 0 Å². The minimum absolute atomic E-state index is 0.0480. The number of hydrogen-bond acceptors (Lipinski definition) is 4. The first kappa shape index (κ1) is 13.7. The van der Waals surface area contributed by atoms with Crippen LogP contribution in [0.3, 0.4) is 0 Å². The van der Waals surface area contributed by atoms with Crippen LogP contribution in [-0.2, 0) is 0 Å². The number of carboxylic acids is 1. The standard InChI is InChI=1S/C16H9ClN4O2/c17-12-7-13-10(6-11(12)16(22)23)8-19-21(13)14-4-3-9-2-1-5-18-15(9)20-14/h1-8H,(H,22,23). The largest absolute Gasteiger partial charge is 0.478 e. The first-order chi connectivity index (χ1) is 11.1. The lowest BCUT2D eigenvalue weighted by Gasteiger charge is -2.05. The Balaban J connectivity index is 1.94. The lowest BCUT2D eigenvalue weighted by atomic mass is 10.1. The Morgan fingerprint density at radius 1 is 1.17 bits per heavy atom. The Morgan fingerprint density at radius 2 is 2.04 bits per heavy atom. The van der Waals surface area contributed by atoms with E-state index in [2.05, 4.69) is 15.1 Å². The van der Waals surface area contributed by atoms with Crippen LogP contribution in [0.25, 0.3) is 27.8 Å². The molecule has 7 heteroatoms. The van der Waals surface area contributed by atoms with Crippen molar-refractivity contribution in [2.45, 2.75) is 0 Å². The van der Waals surface area contributed by atoms with Crippen LogP contribution in [0.15, 0.2) is 48.8 Å². The van der Waals surface area contributed by atoms with Gasteiger partial charge in [-0.15, -0.1) is 0 Å². The number of nitrogens with zero attached hydrogens (tertiary/aromatic N) is 4. The Kier molecular flexibility index (Phi) is 2.99. The quantitative estimate of drug-likeness (QED) is 0.611. The Hall–Kier alpha value is -2.99. The number of benzene rings is 1. The summed E-state index contributed by atoms with van der Waals surface area (Å²) in [5, 5.41) is 15.2. The van der Waals surface area contributed by atoms with Gasteiger partial charge in [0.1, 0.15) is 0 Å². The molecule has 0 spiro atoms. The van der Waals surface area contributed by atoms with Crippen molar-refractivity contribution < 1.29 is 9.90 Å². The molecule has 1 N–H and O–H groups in total.